The Morgan fingerprint density at radius 2 is 2.00 bits per heavy atom. The average molecular weight is 291 g/mol. The normalized spacial score (nSPS) is 16.8. The Morgan fingerprint density at radius 1 is 1.28 bits per heavy atom. The predicted molar refractivity (Wildman–Crippen MR) is 73.6 cm³/mol. The quantitative estimate of drug-likeness (QED) is 0.865. The summed E-state index contributed by atoms with van der Waals surface area (Å²) in [5.74, 6) is 0.537. The fourth-order valence-corrected chi connectivity index (χ4v) is 2.18. The number of anilines is 1. The van der Waals surface area contributed by atoms with Gasteiger partial charge in [-0.25, -0.2) is 0 Å². The van der Waals surface area contributed by atoms with Gasteiger partial charge in [0.05, 0.1) is 18.2 Å². The molecule has 0 aromatic heterocycles. The van der Waals surface area contributed by atoms with Crippen LogP contribution in [0.15, 0.2) is 12.1 Å². The molecule has 1 aromatic rings. The molecule has 0 bridgehead atoms. The van der Waals surface area contributed by atoms with Crippen molar-refractivity contribution in [2.24, 2.45) is 0 Å². The highest BCUT2D eigenvalue weighted by molar-refractivity contribution is 6.43. The van der Waals surface area contributed by atoms with Gasteiger partial charge in [-0.2, -0.15) is 0 Å². The van der Waals surface area contributed by atoms with E-state index >= 15 is 0 Å². The van der Waals surface area contributed by atoms with E-state index in [1.807, 2.05) is 0 Å². The number of benzene rings is 1. The van der Waals surface area contributed by atoms with Crippen LogP contribution >= 0.6 is 23.2 Å². The summed E-state index contributed by atoms with van der Waals surface area (Å²) in [6.07, 6.45) is 0. The predicted octanol–water partition coefficient (Wildman–Crippen LogP) is 2.29. The third kappa shape index (κ3) is 3.65. The summed E-state index contributed by atoms with van der Waals surface area (Å²) < 4.78 is 10.9. The summed E-state index contributed by atoms with van der Waals surface area (Å²) in [6.45, 7) is 4.84. The molecule has 1 aliphatic heterocycles. The molecule has 1 aromatic carbocycles. The van der Waals surface area contributed by atoms with Gasteiger partial charge in [0.15, 0.2) is 0 Å². The maximum atomic E-state index is 6.04. The molecule has 4 nitrogen and oxygen atoms in total. The van der Waals surface area contributed by atoms with Gasteiger partial charge < -0.3 is 15.2 Å². The monoisotopic (exact) mass is 290 g/mol. The van der Waals surface area contributed by atoms with Gasteiger partial charge in [0.25, 0.3) is 0 Å². The summed E-state index contributed by atoms with van der Waals surface area (Å²) in [5.41, 5.74) is 6.24. The zero-order valence-electron chi connectivity index (χ0n) is 9.99. The molecular formula is C12H16Cl2N2O2. The Balaban J connectivity index is 1.86. The number of rotatable bonds is 4. The number of hydrogen-bond donors (Lipinski definition) is 1. The number of ether oxygens (including phenoxy) is 2. The molecule has 0 radical (unpaired) electrons. The lowest BCUT2D eigenvalue weighted by atomic mass is 10.3. The van der Waals surface area contributed by atoms with Crippen molar-refractivity contribution in [3.8, 4) is 5.75 Å². The van der Waals surface area contributed by atoms with E-state index in [0.717, 1.165) is 32.8 Å². The molecule has 1 fully saturated rings. The molecule has 1 saturated heterocycles. The van der Waals surface area contributed by atoms with Gasteiger partial charge in [-0.15, -0.1) is 0 Å². The van der Waals surface area contributed by atoms with Crippen LogP contribution in [0.25, 0.3) is 0 Å². The van der Waals surface area contributed by atoms with Crippen molar-refractivity contribution < 1.29 is 9.47 Å². The van der Waals surface area contributed by atoms with E-state index in [9.17, 15) is 0 Å². The zero-order chi connectivity index (χ0) is 13.0. The van der Waals surface area contributed by atoms with Gasteiger partial charge >= 0.3 is 0 Å². The van der Waals surface area contributed by atoms with Crippen LogP contribution in [0, 0.1) is 0 Å². The first kappa shape index (κ1) is 13.7. The van der Waals surface area contributed by atoms with Gasteiger partial charge in [-0.05, 0) is 6.07 Å². The number of nitrogens with two attached hydrogens (primary N) is 1. The molecule has 0 aliphatic carbocycles. The lowest BCUT2D eigenvalue weighted by molar-refractivity contribution is 0.0322. The highest BCUT2D eigenvalue weighted by Crippen LogP contribution is 2.34. The van der Waals surface area contributed by atoms with Gasteiger partial charge in [-0.3, -0.25) is 4.90 Å². The summed E-state index contributed by atoms with van der Waals surface area (Å²) in [5, 5.41) is 0.825. The van der Waals surface area contributed by atoms with E-state index in [4.69, 9.17) is 38.4 Å². The van der Waals surface area contributed by atoms with E-state index in [1.54, 1.807) is 12.1 Å². The summed E-state index contributed by atoms with van der Waals surface area (Å²) in [6, 6.07) is 3.30. The molecule has 0 amide bonds. The molecule has 1 heterocycles. The maximum absolute atomic E-state index is 6.04. The molecular weight excluding hydrogens is 275 g/mol. The van der Waals surface area contributed by atoms with Crippen molar-refractivity contribution in [2.75, 3.05) is 45.2 Å². The van der Waals surface area contributed by atoms with Crippen LogP contribution in [-0.2, 0) is 4.74 Å². The van der Waals surface area contributed by atoms with E-state index < -0.39 is 0 Å². The highest BCUT2D eigenvalue weighted by Gasteiger charge is 2.11. The first-order chi connectivity index (χ1) is 8.66. The second-order valence-corrected chi connectivity index (χ2v) is 4.90. The number of nitrogens with zero attached hydrogens (tertiary/aromatic N) is 1. The third-order valence-corrected chi connectivity index (χ3v) is 3.57. The molecule has 2 N–H and O–H groups in total. The van der Waals surface area contributed by atoms with E-state index in [-0.39, 0.29) is 0 Å². The minimum absolute atomic E-state index is 0.410. The van der Waals surface area contributed by atoms with Crippen molar-refractivity contribution in [3.05, 3.63) is 22.2 Å². The van der Waals surface area contributed by atoms with Crippen LogP contribution in [0.2, 0.25) is 10.0 Å². The molecule has 6 heteroatoms. The van der Waals surface area contributed by atoms with E-state index in [1.165, 1.54) is 0 Å². The Hall–Kier alpha value is -0.680. The Labute approximate surface area is 117 Å². The van der Waals surface area contributed by atoms with Crippen molar-refractivity contribution in [2.45, 2.75) is 0 Å². The number of morpholine rings is 1. The fourth-order valence-electron chi connectivity index (χ4n) is 1.80. The topological polar surface area (TPSA) is 47.7 Å². The first-order valence-corrected chi connectivity index (χ1v) is 6.60. The summed E-state index contributed by atoms with van der Waals surface area (Å²) in [4.78, 5) is 2.28. The molecule has 0 unspecified atom stereocenters. The van der Waals surface area contributed by atoms with Gasteiger partial charge in [0.1, 0.15) is 17.4 Å². The average Bonchev–Trinajstić information content (AvgIpc) is 2.36. The van der Waals surface area contributed by atoms with Crippen molar-refractivity contribution in [1.29, 1.82) is 0 Å². The Morgan fingerprint density at radius 3 is 2.72 bits per heavy atom. The van der Waals surface area contributed by atoms with Crippen LogP contribution in [0.3, 0.4) is 0 Å². The van der Waals surface area contributed by atoms with Gasteiger partial charge in [-0.1, -0.05) is 23.2 Å². The maximum Gasteiger partial charge on any atom is 0.141 e. The Bertz CT molecular complexity index is 409. The number of nitrogen functional groups attached to an aromatic ring is 1. The number of hydrogen-bond acceptors (Lipinski definition) is 4. The van der Waals surface area contributed by atoms with Crippen molar-refractivity contribution >= 4 is 28.9 Å². The molecule has 18 heavy (non-hydrogen) atoms. The Kier molecular flexibility index (Phi) is 4.95. The molecule has 100 valence electrons. The van der Waals surface area contributed by atoms with Crippen molar-refractivity contribution in [3.63, 3.8) is 0 Å². The number of halogens is 2. The lowest BCUT2D eigenvalue weighted by Crippen LogP contribution is -2.38. The molecule has 0 atom stereocenters. The zero-order valence-corrected chi connectivity index (χ0v) is 11.5. The minimum Gasteiger partial charge on any atom is -0.491 e. The standard InChI is InChI=1S/C12H16Cl2N2O2/c13-10-7-9(15)8-11(12(10)14)18-6-3-16-1-4-17-5-2-16/h7-8H,1-6,15H2. The van der Waals surface area contributed by atoms with Crippen LogP contribution < -0.4 is 10.5 Å². The smallest absolute Gasteiger partial charge is 0.141 e. The van der Waals surface area contributed by atoms with Crippen LogP contribution in [0.4, 0.5) is 5.69 Å². The molecule has 2 rings (SSSR count). The summed E-state index contributed by atoms with van der Waals surface area (Å²) >= 11 is 12.0. The van der Waals surface area contributed by atoms with E-state index in [0.29, 0.717) is 28.1 Å². The van der Waals surface area contributed by atoms with Crippen LogP contribution in [0.5, 0.6) is 5.75 Å². The molecule has 0 spiro atoms. The largest absolute Gasteiger partial charge is 0.491 e. The second-order valence-electron chi connectivity index (χ2n) is 4.12. The second kappa shape index (κ2) is 6.48. The first-order valence-electron chi connectivity index (χ1n) is 5.84. The molecule has 1 aliphatic rings. The van der Waals surface area contributed by atoms with Crippen LogP contribution in [0.1, 0.15) is 0 Å². The fraction of sp³-hybridized carbons (Fsp3) is 0.500. The summed E-state index contributed by atoms with van der Waals surface area (Å²) in [7, 11) is 0. The minimum atomic E-state index is 0.410. The third-order valence-electron chi connectivity index (χ3n) is 2.79. The lowest BCUT2D eigenvalue weighted by Gasteiger charge is -2.26. The highest BCUT2D eigenvalue weighted by atomic mass is 35.5. The van der Waals surface area contributed by atoms with Gasteiger partial charge in [0, 0.05) is 31.4 Å². The van der Waals surface area contributed by atoms with E-state index in [2.05, 4.69) is 4.90 Å². The van der Waals surface area contributed by atoms with Crippen LogP contribution in [-0.4, -0.2) is 44.4 Å². The van der Waals surface area contributed by atoms with Gasteiger partial charge in [0.2, 0.25) is 0 Å². The molecule has 0 saturated carbocycles. The SMILES string of the molecule is Nc1cc(Cl)c(Cl)c(OCCN2CCOCC2)c1. The van der Waals surface area contributed by atoms with Crippen molar-refractivity contribution in [1.82, 2.24) is 4.90 Å².